The van der Waals surface area contributed by atoms with Crippen LogP contribution >= 0.6 is 0 Å². The van der Waals surface area contributed by atoms with Gasteiger partial charge >= 0.3 is 6.01 Å². The van der Waals surface area contributed by atoms with Gasteiger partial charge in [0.2, 0.25) is 0 Å². The average molecular weight is 345 g/mol. The Bertz CT molecular complexity index is 894. The molecule has 130 valence electrons. The third kappa shape index (κ3) is 3.78. The van der Waals surface area contributed by atoms with Crippen molar-refractivity contribution in [2.24, 2.45) is 0 Å². The first-order chi connectivity index (χ1) is 11.9. The lowest BCUT2D eigenvalue weighted by Gasteiger charge is -2.07. The molecule has 0 spiro atoms. The molecule has 0 unspecified atom stereocenters. The van der Waals surface area contributed by atoms with Crippen LogP contribution in [0.3, 0.4) is 0 Å². The summed E-state index contributed by atoms with van der Waals surface area (Å²) >= 11 is 0. The molecular weight excluding hydrogens is 328 g/mol. The van der Waals surface area contributed by atoms with E-state index in [1.54, 1.807) is 31.5 Å². The maximum Gasteiger partial charge on any atom is 0.316 e. The monoisotopic (exact) mass is 345 g/mol. The Morgan fingerprint density at radius 2 is 1.96 bits per heavy atom. The van der Waals surface area contributed by atoms with Crippen molar-refractivity contribution in [2.45, 2.75) is 33.8 Å². The molecule has 3 rings (SSSR count). The summed E-state index contributed by atoms with van der Waals surface area (Å²) in [5.41, 5.74) is 3.40. The highest BCUT2D eigenvalue weighted by Gasteiger charge is 2.13. The third-order valence-electron chi connectivity index (χ3n) is 3.86. The average Bonchev–Trinajstić information content (AvgIpc) is 3.05. The SMILES string of the molecule is Cc1ccc(-n2cc(COc3ncc(C)c(C)n3)nn2)cc1C(F)F. The fourth-order valence-corrected chi connectivity index (χ4v) is 2.21. The van der Waals surface area contributed by atoms with Crippen LogP contribution in [0.15, 0.2) is 30.6 Å². The van der Waals surface area contributed by atoms with E-state index >= 15 is 0 Å². The van der Waals surface area contributed by atoms with Crippen molar-refractivity contribution in [1.29, 1.82) is 0 Å². The minimum Gasteiger partial charge on any atom is -0.457 e. The molecule has 3 aromatic rings. The van der Waals surface area contributed by atoms with Crippen molar-refractivity contribution in [3.8, 4) is 11.7 Å². The quantitative estimate of drug-likeness (QED) is 0.708. The number of alkyl halides is 2. The molecule has 0 aliphatic rings. The van der Waals surface area contributed by atoms with Gasteiger partial charge in [0.05, 0.1) is 11.9 Å². The number of hydrogen-bond acceptors (Lipinski definition) is 5. The predicted molar refractivity (Wildman–Crippen MR) is 86.9 cm³/mol. The van der Waals surface area contributed by atoms with Gasteiger partial charge in [-0.15, -0.1) is 5.10 Å². The van der Waals surface area contributed by atoms with Crippen LogP contribution in [-0.4, -0.2) is 25.0 Å². The normalized spacial score (nSPS) is 11.1. The minimum absolute atomic E-state index is 0.0191. The maximum atomic E-state index is 13.0. The zero-order chi connectivity index (χ0) is 18.0. The lowest BCUT2D eigenvalue weighted by molar-refractivity contribution is 0.150. The maximum absolute atomic E-state index is 13.0. The van der Waals surface area contributed by atoms with Crippen LogP contribution in [0, 0.1) is 20.8 Å². The largest absolute Gasteiger partial charge is 0.457 e. The molecule has 0 saturated heterocycles. The van der Waals surface area contributed by atoms with E-state index in [9.17, 15) is 8.78 Å². The van der Waals surface area contributed by atoms with Crippen LogP contribution in [0.2, 0.25) is 0 Å². The Morgan fingerprint density at radius 3 is 2.68 bits per heavy atom. The summed E-state index contributed by atoms with van der Waals surface area (Å²) in [5, 5.41) is 7.95. The van der Waals surface area contributed by atoms with Crippen LogP contribution in [-0.2, 0) is 6.61 Å². The molecule has 0 aliphatic heterocycles. The standard InChI is InChI=1S/C17H17F2N5O/c1-10-4-5-14(6-15(10)16(18)19)24-8-13(22-23-24)9-25-17-20-7-11(2)12(3)21-17/h4-8,16H,9H2,1-3H3. The van der Waals surface area contributed by atoms with Gasteiger partial charge in [-0.25, -0.2) is 23.4 Å². The van der Waals surface area contributed by atoms with Crippen LogP contribution in [0.5, 0.6) is 6.01 Å². The number of benzene rings is 1. The van der Waals surface area contributed by atoms with E-state index in [1.165, 1.54) is 10.7 Å². The highest BCUT2D eigenvalue weighted by molar-refractivity contribution is 5.40. The first-order valence-corrected chi connectivity index (χ1v) is 7.67. The summed E-state index contributed by atoms with van der Waals surface area (Å²) < 4.78 is 33.0. The molecule has 0 fully saturated rings. The molecule has 25 heavy (non-hydrogen) atoms. The van der Waals surface area contributed by atoms with Crippen LogP contribution < -0.4 is 4.74 Å². The molecule has 1 aromatic carbocycles. The van der Waals surface area contributed by atoms with Crippen molar-refractivity contribution in [1.82, 2.24) is 25.0 Å². The van der Waals surface area contributed by atoms with Crippen molar-refractivity contribution in [3.05, 3.63) is 58.7 Å². The second kappa shape index (κ2) is 6.92. The highest BCUT2D eigenvalue weighted by atomic mass is 19.3. The molecule has 0 bridgehead atoms. The van der Waals surface area contributed by atoms with Crippen LogP contribution in [0.4, 0.5) is 8.78 Å². The highest BCUT2D eigenvalue weighted by Crippen LogP contribution is 2.24. The number of nitrogens with zero attached hydrogens (tertiary/aromatic N) is 5. The van der Waals surface area contributed by atoms with Crippen molar-refractivity contribution < 1.29 is 13.5 Å². The number of rotatable bonds is 5. The van der Waals surface area contributed by atoms with Gasteiger partial charge in [0.1, 0.15) is 12.3 Å². The smallest absolute Gasteiger partial charge is 0.316 e. The Hall–Kier alpha value is -2.90. The second-order valence-corrected chi connectivity index (χ2v) is 5.71. The molecule has 0 amide bonds. The van der Waals surface area contributed by atoms with E-state index < -0.39 is 6.43 Å². The van der Waals surface area contributed by atoms with Gasteiger partial charge < -0.3 is 4.74 Å². The summed E-state index contributed by atoms with van der Waals surface area (Å²) in [7, 11) is 0. The fourth-order valence-electron chi connectivity index (χ4n) is 2.21. The van der Waals surface area contributed by atoms with E-state index in [2.05, 4.69) is 20.3 Å². The molecule has 0 atom stereocenters. The van der Waals surface area contributed by atoms with Crippen molar-refractivity contribution >= 4 is 0 Å². The number of hydrogen-bond donors (Lipinski definition) is 0. The lowest BCUT2D eigenvalue weighted by atomic mass is 10.1. The van der Waals surface area contributed by atoms with Gasteiger partial charge in [-0.2, -0.15) is 0 Å². The number of ether oxygens (including phenoxy) is 1. The Kier molecular flexibility index (Phi) is 4.69. The van der Waals surface area contributed by atoms with E-state index in [1.807, 2.05) is 13.8 Å². The Morgan fingerprint density at radius 1 is 1.16 bits per heavy atom. The van der Waals surface area contributed by atoms with Crippen molar-refractivity contribution in [2.75, 3.05) is 0 Å². The molecule has 0 radical (unpaired) electrons. The third-order valence-corrected chi connectivity index (χ3v) is 3.86. The number of aromatic nitrogens is 5. The molecule has 2 heterocycles. The molecule has 0 N–H and O–H groups in total. The zero-order valence-corrected chi connectivity index (χ0v) is 14.1. The van der Waals surface area contributed by atoms with E-state index in [-0.39, 0.29) is 18.2 Å². The molecule has 6 nitrogen and oxygen atoms in total. The summed E-state index contributed by atoms with van der Waals surface area (Å²) in [4.78, 5) is 8.31. The number of halogens is 2. The summed E-state index contributed by atoms with van der Waals surface area (Å²) in [5.74, 6) is 0. The predicted octanol–water partition coefficient (Wildman–Crippen LogP) is 3.50. The molecule has 0 saturated carbocycles. The zero-order valence-electron chi connectivity index (χ0n) is 14.1. The van der Waals surface area contributed by atoms with Gasteiger partial charge in [0.25, 0.3) is 6.43 Å². The van der Waals surface area contributed by atoms with E-state index in [4.69, 9.17) is 4.74 Å². The fraction of sp³-hybridized carbons (Fsp3) is 0.294. The molecular formula is C17H17F2N5O. The van der Waals surface area contributed by atoms with Crippen molar-refractivity contribution in [3.63, 3.8) is 0 Å². The number of aryl methyl sites for hydroxylation is 3. The Balaban J connectivity index is 1.74. The minimum atomic E-state index is -2.53. The topological polar surface area (TPSA) is 65.7 Å². The van der Waals surface area contributed by atoms with Gasteiger partial charge in [0.15, 0.2) is 0 Å². The molecule has 2 aromatic heterocycles. The summed E-state index contributed by atoms with van der Waals surface area (Å²) in [6.07, 6.45) is 0.779. The first-order valence-electron chi connectivity index (χ1n) is 7.67. The second-order valence-electron chi connectivity index (χ2n) is 5.71. The summed E-state index contributed by atoms with van der Waals surface area (Å²) in [6.45, 7) is 5.57. The first kappa shape index (κ1) is 16.9. The van der Waals surface area contributed by atoms with Gasteiger partial charge in [-0.1, -0.05) is 11.3 Å². The van der Waals surface area contributed by atoms with Gasteiger partial charge in [-0.05, 0) is 44.0 Å². The van der Waals surface area contributed by atoms with Gasteiger partial charge in [-0.3, -0.25) is 0 Å². The van der Waals surface area contributed by atoms with Crippen LogP contribution in [0.25, 0.3) is 5.69 Å². The van der Waals surface area contributed by atoms with E-state index in [0.29, 0.717) is 16.9 Å². The molecule has 8 heteroatoms. The summed E-state index contributed by atoms with van der Waals surface area (Å²) in [6, 6.07) is 5.02. The Labute approximate surface area is 143 Å². The molecule has 0 aliphatic carbocycles. The van der Waals surface area contributed by atoms with Crippen LogP contribution in [0.1, 0.15) is 34.5 Å². The lowest BCUT2D eigenvalue weighted by Crippen LogP contribution is -2.01. The van der Waals surface area contributed by atoms with E-state index in [0.717, 1.165) is 11.3 Å². The van der Waals surface area contributed by atoms with Gasteiger partial charge in [0, 0.05) is 17.5 Å².